The third-order valence-electron chi connectivity index (χ3n) is 4.34. The summed E-state index contributed by atoms with van der Waals surface area (Å²) >= 11 is 3.54. The highest BCUT2D eigenvalue weighted by Gasteiger charge is 2.38. The molecule has 1 saturated heterocycles. The minimum Gasteiger partial charge on any atom is -0.468 e. The van der Waals surface area contributed by atoms with E-state index >= 15 is 0 Å². The average Bonchev–Trinajstić information content (AvgIpc) is 2.62. The summed E-state index contributed by atoms with van der Waals surface area (Å²) in [5.74, 6) is 0.273. The zero-order chi connectivity index (χ0) is 17.9. The number of rotatable bonds is 4. The Kier molecular flexibility index (Phi) is 5.29. The van der Waals surface area contributed by atoms with Crippen molar-refractivity contribution in [3.8, 4) is 0 Å². The van der Waals surface area contributed by atoms with Gasteiger partial charge in [-0.25, -0.2) is 0 Å². The Labute approximate surface area is 157 Å². The standard InChI is InChI=1S/C19H20BrNO3S/c1-15-9-11-17(12-10-15)25(22,23)21-18-8-5-13-19(14-20,24-18)16-6-3-2-4-7-16/h2-4,6-7,9-12H,5,8,13-14H2,1H3/b21-18-/t19-/m0/s1. The first-order valence-corrected chi connectivity index (χ1v) is 10.7. The van der Waals surface area contributed by atoms with Crippen LogP contribution in [-0.2, 0) is 20.4 Å². The molecule has 0 aliphatic carbocycles. The van der Waals surface area contributed by atoms with Crippen LogP contribution >= 0.6 is 15.9 Å². The van der Waals surface area contributed by atoms with Gasteiger partial charge in [-0.05, 0) is 37.5 Å². The number of sulfonamides is 1. The minimum absolute atomic E-state index is 0.184. The summed E-state index contributed by atoms with van der Waals surface area (Å²) in [7, 11) is -3.77. The minimum atomic E-state index is -3.77. The number of alkyl halides is 1. The van der Waals surface area contributed by atoms with Crippen LogP contribution in [0.1, 0.15) is 30.4 Å². The molecule has 6 heteroatoms. The average molecular weight is 422 g/mol. The lowest BCUT2D eigenvalue weighted by molar-refractivity contribution is 0.0466. The van der Waals surface area contributed by atoms with E-state index in [2.05, 4.69) is 20.3 Å². The van der Waals surface area contributed by atoms with Crippen LogP contribution in [0.5, 0.6) is 0 Å². The van der Waals surface area contributed by atoms with Crippen LogP contribution in [0, 0.1) is 6.92 Å². The second kappa shape index (κ2) is 7.30. The Morgan fingerprint density at radius 3 is 2.44 bits per heavy atom. The lowest BCUT2D eigenvalue weighted by Gasteiger charge is -2.37. The second-order valence-electron chi connectivity index (χ2n) is 6.22. The molecule has 0 unspecified atom stereocenters. The molecule has 0 aromatic heterocycles. The molecular formula is C19H20BrNO3S. The molecule has 1 aliphatic heterocycles. The van der Waals surface area contributed by atoms with Crippen molar-refractivity contribution >= 4 is 31.9 Å². The first-order chi connectivity index (χ1) is 12.0. The maximum atomic E-state index is 12.6. The first-order valence-electron chi connectivity index (χ1n) is 8.16. The van der Waals surface area contributed by atoms with E-state index in [9.17, 15) is 8.42 Å². The summed E-state index contributed by atoms with van der Waals surface area (Å²) in [6.07, 6.45) is 2.15. The number of halogens is 1. The van der Waals surface area contributed by atoms with Crippen LogP contribution < -0.4 is 0 Å². The molecule has 0 bridgehead atoms. The summed E-state index contributed by atoms with van der Waals surface area (Å²) in [4.78, 5) is 0.184. The van der Waals surface area contributed by atoms with Gasteiger partial charge < -0.3 is 4.74 Å². The molecule has 132 valence electrons. The van der Waals surface area contributed by atoms with E-state index in [1.807, 2.05) is 37.3 Å². The molecule has 0 saturated carbocycles. The topological polar surface area (TPSA) is 55.7 Å². The zero-order valence-electron chi connectivity index (χ0n) is 14.0. The summed E-state index contributed by atoms with van der Waals surface area (Å²) in [6, 6.07) is 16.5. The van der Waals surface area contributed by atoms with Gasteiger partial charge in [0.05, 0.1) is 4.90 Å². The van der Waals surface area contributed by atoms with E-state index in [0.717, 1.165) is 24.0 Å². The Morgan fingerprint density at radius 2 is 1.80 bits per heavy atom. The quantitative estimate of drug-likeness (QED) is 0.679. The van der Waals surface area contributed by atoms with E-state index in [4.69, 9.17) is 4.74 Å². The van der Waals surface area contributed by atoms with Crippen molar-refractivity contribution in [2.45, 2.75) is 36.7 Å². The maximum absolute atomic E-state index is 12.6. The van der Waals surface area contributed by atoms with E-state index < -0.39 is 15.6 Å². The van der Waals surface area contributed by atoms with E-state index in [1.54, 1.807) is 24.3 Å². The first kappa shape index (κ1) is 18.1. The highest BCUT2D eigenvalue weighted by Crippen LogP contribution is 2.38. The molecule has 0 amide bonds. The molecule has 1 heterocycles. The lowest BCUT2D eigenvalue weighted by Crippen LogP contribution is -2.38. The Hall–Kier alpha value is -1.66. The lowest BCUT2D eigenvalue weighted by atomic mass is 9.88. The van der Waals surface area contributed by atoms with Gasteiger partial charge in [0.1, 0.15) is 5.60 Å². The monoisotopic (exact) mass is 421 g/mol. The van der Waals surface area contributed by atoms with E-state index in [1.165, 1.54) is 0 Å². The fourth-order valence-electron chi connectivity index (χ4n) is 2.93. The molecule has 25 heavy (non-hydrogen) atoms. The molecule has 1 aliphatic rings. The Morgan fingerprint density at radius 1 is 1.12 bits per heavy atom. The van der Waals surface area contributed by atoms with Gasteiger partial charge in [-0.1, -0.05) is 64.0 Å². The zero-order valence-corrected chi connectivity index (χ0v) is 16.4. The smallest absolute Gasteiger partial charge is 0.285 e. The predicted octanol–water partition coefficient (Wildman–Crippen LogP) is 4.57. The van der Waals surface area contributed by atoms with Crippen molar-refractivity contribution in [3.63, 3.8) is 0 Å². The van der Waals surface area contributed by atoms with Gasteiger partial charge in [0.25, 0.3) is 10.0 Å². The van der Waals surface area contributed by atoms with Gasteiger partial charge in [0.2, 0.25) is 5.90 Å². The molecule has 0 radical (unpaired) electrons. The fraction of sp³-hybridized carbons (Fsp3) is 0.316. The van der Waals surface area contributed by atoms with Gasteiger partial charge in [-0.3, -0.25) is 0 Å². The number of ether oxygens (including phenoxy) is 1. The predicted molar refractivity (Wildman–Crippen MR) is 103 cm³/mol. The highest BCUT2D eigenvalue weighted by atomic mass is 79.9. The third-order valence-corrected chi connectivity index (χ3v) is 6.56. The van der Waals surface area contributed by atoms with Crippen LogP contribution in [0.4, 0.5) is 0 Å². The molecule has 0 spiro atoms. The van der Waals surface area contributed by atoms with Gasteiger partial charge in [0.15, 0.2) is 0 Å². The van der Waals surface area contributed by atoms with Crippen molar-refractivity contribution in [2.75, 3.05) is 5.33 Å². The number of hydrogen-bond donors (Lipinski definition) is 0. The molecule has 1 fully saturated rings. The molecule has 1 atom stereocenters. The van der Waals surface area contributed by atoms with Gasteiger partial charge in [-0.15, -0.1) is 4.40 Å². The third kappa shape index (κ3) is 3.96. The van der Waals surface area contributed by atoms with Crippen LogP contribution in [0.15, 0.2) is 63.9 Å². The molecule has 2 aromatic carbocycles. The molecule has 2 aromatic rings. The Bertz CT molecular complexity index is 863. The van der Waals surface area contributed by atoms with Crippen LogP contribution in [0.25, 0.3) is 0 Å². The number of benzene rings is 2. The van der Waals surface area contributed by atoms with Gasteiger partial charge >= 0.3 is 0 Å². The summed E-state index contributed by atoms with van der Waals surface area (Å²) in [5, 5.41) is 0.577. The van der Waals surface area contributed by atoms with Gasteiger partial charge in [-0.2, -0.15) is 8.42 Å². The normalized spacial score (nSPS) is 22.6. The van der Waals surface area contributed by atoms with Crippen LogP contribution in [0.3, 0.4) is 0 Å². The van der Waals surface area contributed by atoms with E-state index in [-0.39, 0.29) is 10.8 Å². The molecule has 3 rings (SSSR count). The van der Waals surface area contributed by atoms with Crippen molar-refractivity contribution in [3.05, 3.63) is 65.7 Å². The van der Waals surface area contributed by atoms with Crippen molar-refractivity contribution in [1.29, 1.82) is 0 Å². The van der Waals surface area contributed by atoms with Gasteiger partial charge in [0, 0.05) is 11.8 Å². The van der Waals surface area contributed by atoms with Crippen molar-refractivity contribution in [2.24, 2.45) is 4.40 Å². The summed E-state index contributed by atoms with van der Waals surface area (Å²) in [6.45, 7) is 1.91. The summed E-state index contributed by atoms with van der Waals surface area (Å²) < 4.78 is 35.2. The van der Waals surface area contributed by atoms with Crippen LogP contribution in [-0.4, -0.2) is 19.6 Å². The largest absolute Gasteiger partial charge is 0.468 e. The molecule has 0 N–H and O–H groups in total. The number of hydrogen-bond acceptors (Lipinski definition) is 3. The fourth-order valence-corrected chi connectivity index (χ4v) is 4.63. The van der Waals surface area contributed by atoms with Crippen molar-refractivity contribution < 1.29 is 13.2 Å². The maximum Gasteiger partial charge on any atom is 0.285 e. The SMILES string of the molecule is Cc1ccc(S(=O)(=O)/N=C2/CCC[C@](CBr)(c3ccccc3)O2)cc1. The Balaban J connectivity index is 1.92. The second-order valence-corrected chi connectivity index (χ2v) is 8.39. The number of aryl methyl sites for hydroxylation is 1. The highest BCUT2D eigenvalue weighted by molar-refractivity contribution is 9.09. The van der Waals surface area contributed by atoms with Crippen LogP contribution in [0.2, 0.25) is 0 Å². The number of nitrogens with zero attached hydrogens (tertiary/aromatic N) is 1. The van der Waals surface area contributed by atoms with Crippen molar-refractivity contribution in [1.82, 2.24) is 0 Å². The molecule has 4 nitrogen and oxygen atoms in total. The molecular weight excluding hydrogens is 402 g/mol. The van der Waals surface area contributed by atoms with E-state index in [0.29, 0.717) is 11.8 Å². The summed E-state index contributed by atoms with van der Waals surface area (Å²) in [5.41, 5.74) is 1.44.